The molecule has 1 amide bonds. The summed E-state index contributed by atoms with van der Waals surface area (Å²) in [6, 6.07) is 13.6. The number of nitrogens with one attached hydrogen (secondary N) is 1. The summed E-state index contributed by atoms with van der Waals surface area (Å²) in [4.78, 5) is 13.4. The van der Waals surface area contributed by atoms with E-state index in [2.05, 4.69) is 22.8 Å². The molecule has 2 atom stereocenters. The van der Waals surface area contributed by atoms with Crippen molar-refractivity contribution in [3.05, 3.63) is 52.7 Å². The monoisotopic (exact) mass is 301 g/mol. The summed E-state index contributed by atoms with van der Waals surface area (Å²) < 4.78 is 5.69. The quantitative estimate of drug-likeness (QED) is 0.864. The van der Waals surface area contributed by atoms with Crippen molar-refractivity contribution in [2.24, 2.45) is 0 Å². The van der Waals surface area contributed by atoms with Crippen molar-refractivity contribution in [2.75, 3.05) is 5.32 Å². The van der Waals surface area contributed by atoms with Gasteiger partial charge in [-0.3, -0.25) is 5.32 Å². The van der Waals surface area contributed by atoms with Crippen LogP contribution in [0.2, 0.25) is 0 Å². The average molecular weight is 301 g/mol. The van der Waals surface area contributed by atoms with E-state index >= 15 is 0 Å². The van der Waals surface area contributed by atoms with Gasteiger partial charge in [0.1, 0.15) is 6.10 Å². The van der Waals surface area contributed by atoms with E-state index in [1.165, 1.54) is 11.3 Å². The van der Waals surface area contributed by atoms with Crippen LogP contribution >= 0.6 is 11.3 Å². The maximum atomic E-state index is 12.1. The molecule has 2 aromatic rings. The number of carbonyl (C=O) groups is 1. The molecule has 0 bridgehead atoms. The fourth-order valence-electron chi connectivity index (χ4n) is 2.87. The predicted molar refractivity (Wildman–Crippen MR) is 85.9 cm³/mol. The molecule has 0 spiro atoms. The number of thiophene rings is 1. The number of rotatable bonds is 3. The molecule has 1 N–H and O–H groups in total. The van der Waals surface area contributed by atoms with E-state index in [1.54, 1.807) is 11.3 Å². The summed E-state index contributed by atoms with van der Waals surface area (Å²) in [7, 11) is 0. The normalized spacial score (nSPS) is 21.7. The molecule has 21 heavy (non-hydrogen) atoms. The Morgan fingerprint density at radius 1 is 1.10 bits per heavy atom. The van der Waals surface area contributed by atoms with E-state index in [0.29, 0.717) is 5.92 Å². The van der Waals surface area contributed by atoms with E-state index < -0.39 is 0 Å². The predicted octanol–water partition coefficient (Wildman–Crippen LogP) is 5.02. The minimum atomic E-state index is -0.352. The van der Waals surface area contributed by atoms with Crippen LogP contribution in [0, 0.1) is 0 Å². The minimum absolute atomic E-state index is 0.0129. The van der Waals surface area contributed by atoms with Crippen molar-refractivity contribution in [3.8, 4) is 0 Å². The Bertz CT molecular complexity index is 568. The summed E-state index contributed by atoms with van der Waals surface area (Å²) in [5, 5.41) is 4.89. The first-order valence-electron chi connectivity index (χ1n) is 7.39. The van der Waals surface area contributed by atoms with Crippen LogP contribution in [0.15, 0.2) is 47.8 Å². The van der Waals surface area contributed by atoms with Gasteiger partial charge in [0.2, 0.25) is 0 Å². The van der Waals surface area contributed by atoms with E-state index in [0.717, 1.165) is 24.9 Å². The highest BCUT2D eigenvalue weighted by molar-refractivity contribution is 7.10. The zero-order valence-electron chi connectivity index (χ0n) is 11.8. The van der Waals surface area contributed by atoms with Crippen molar-refractivity contribution in [3.63, 3.8) is 0 Å². The summed E-state index contributed by atoms with van der Waals surface area (Å²) in [5.41, 5.74) is 0.769. The minimum Gasteiger partial charge on any atom is -0.445 e. The lowest BCUT2D eigenvalue weighted by Crippen LogP contribution is -2.30. The number of para-hydroxylation sites is 1. The van der Waals surface area contributed by atoms with Gasteiger partial charge in [-0.25, -0.2) is 4.79 Å². The Labute approximate surface area is 129 Å². The lowest BCUT2D eigenvalue weighted by molar-refractivity contribution is 0.0720. The standard InChI is InChI=1S/C17H19NO2S/c19-17(18-13-7-2-1-3-8-13)20-15-10-5-4-9-14(15)16-11-6-12-21-16/h1-3,6-8,11-12,14-15H,4-5,9-10H2,(H,18,19)/t14-,15+/m1/s1. The molecule has 3 rings (SSSR count). The van der Waals surface area contributed by atoms with E-state index in [9.17, 15) is 4.79 Å². The maximum absolute atomic E-state index is 12.1. The van der Waals surface area contributed by atoms with Crippen LogP contribution in [0.4, 0.5) is 10.5 Å². The van der Waals surface area contributed by atoms with Gasteiger partial charge in [-0.1, -0.05) is 30.7 Å². The number of hydrogen-bond acceptors (Lipinski definition) is 3. The van der Waals surface area contributed by atoms with Crippen LogP contribution in [0.3, 0.4) is 0 Å². The molecule has 1 fully saturated rings. The van der Waals surface area contributed by atoms with Crippen molar-refractivity contribution >= 4 is 23.1 Å². The first kappa shape index (κ1) is 14.1. The third kappa shape index (κ3) is 3.64. The molecule has 0 unspecified atom stereocenters. The Morgan fingerprint density at radius 3 is 2.67 bits per heavy atom. The second-order valence-corrected chi connectivity index (χ2v) is 6.32. The van der Waals surface area contributed by atoms with E-state index in [1.807, 2.05) is 30.3 Å². The number of benzene rings is 1. The van der Waals surface area contributed by atoms with Gasteiger partial charge in [0.05, 0.1) is 0 Å². The van der Waals surface area contributed by atoms with Gasteiger partial charge < -0.3 is 4.74 Å². The molecule has 0 radical (unpaired) electrons. The molecule has 1 aliphatic rings. The van der Waals surface area contributed by atoms with Gasteiger partial charge in [0, 0.05) is 16.5 Å². The van der Waals surface area contributed by atoms with Gasteiger partial charge >= 0.3 is 6.09 Å². The molecule has 1 aromatic carbocycles. The van der Waals surface area contributed by atoms with Crippen LogP contribution in [0.1, 0.15) is 36.5 Å². The number of hydrogen-bond donors (Lipinski definition) is 1. The Kier molecular flexibility index (Phi) is 4.55. The fraction of sp³-hybridized carbons (Fsp3) is 0.353. The number of anilines is 1. The molecule has 0 aliphatic heterocycles. The zero-order valence-corrected chi connectivity index (χ0v) is 12.6. The van der Waals surface area contributed by atoms with Crippen molar-refractivity contribution < 1.29 is 9.53 Å². The molecule has 1 aliphatic carbocycles. The van der Waals surface area contributed by atoms with Gasteiger partial charge in [-0.05, 0) is 42.8 Å². The Balaban J connectivity index is 1.63. The third-order valence-electron chi connectivity index (χ3n) is 3.89. The summed E-state index contributed by atoms with van der Waals surface area (Å²) in [5.74, 6) is 0.347. The fourth-order valence-corrected chi connectivity index (χ4v) is 3.79. The molecule has 110 valence electrons. The van der Waals surface area contributed by atoms with Crippen LogP contribution in [0.5, 0.6) is 0 Å². The largest absolute Gasteiger partial charge is 0.445 e. The lowest BCUT2D eigenvalue weighted by atomic mass is 9.85. The molecule has 0 saturated heterocycles. The number of carbonyl (C=O) groups excluding carboxylic acids is 1. The second-order valence-electron chi connectivity index (χ2n) is 5.34. The molecule has 4 heteroatoms. The highest BCUT2D eigenvalue weighted by atomic mass is 32.1. The topological polar surface area (TPSA) is 38.3 Å². The number of amides is 1. The first-order valence-corrected chi connectivity index (χ1v) is 8.27. The zero-order chi connectivity index (χ0) is 14.5. The highest BCUT2D eigenvalue weighted by Gasteiger charge is 2.30. The van der Waals surface area contributed by atoms with Crippen LogP contribution in [0.25, 0.3) is 0 Å². The second kappa shape index (κ2) is 6.76. The lowest BCUT2D eigenvalue weighted by Gasteiger charge is -2.30. The Hall–Kier alpha value is -1.81. The number of ether oxygens (including phenoxy) is 1. The van der Waals surface area contributed by atoms with E-state index in [-0.39, 0.29) is 12.2 Å². The average Bonchev–Trinajstić information content (AvgIpc) is 3.03. The maximum Gasteiger partial charge on any atom is 0.411 e. The van der Waals surface area contributed by atoms with Crippen LogP contribution in [-0.2, 0) is 4.74 Å². The molecule has 1 saturated carbocycles. The first-order chi connectivity index (χ1) is 10.3. The van der Waals surface area contributed by atoms with Crippen molar-refractivity contribution in [2.45, 2.75) is 37.7 Å². The van der Waals surface area contributed by atoms with Crippen LogP contribution < -0.4 is 5.32 Å². The van der Waals surface area contributed by atoms with Gasteiger partial charge in [-0.15, -0.1) is 11.3 Å². The van der Waals surface area contributed by atoms with Crippen LogP contribution in [-0.4, -0.2) is 12.2 Å². The van der Waals surface area contributed by atoms with Gasteiger partial charge in [0.25, 0.3) is 0 Å². The summed E-state index contributed by atoms with van der Waals surface area (Å²) >= 11 is 1.75. The molecule has 3 nitrogen and oxygen atoms in total. The summed E-state index contributed by atoms with van der Waals surface area (Å²) in [6.07, 6.45) is 4.03. The van der Waals surface area contributed by atoms with Gasteiger partial charge in [-0.2, -0.15) is 0 Å². The highest BCUT2D eigenvalue weighted by Crippen LogP contribution is 2.37. The van der Waals surface area contributed by atoms with Gasteiger partial charge in [0.15, 0.2) is 0 Å². The Morgan fingerprint density at radius 2 is 1.90 bits per heavy atom. The SMILES string of the molecule is O=C(Nc1ccccc1)O[C@H]1CCCC[C@H]1c1cccs1. The molecule has 1 heterocycles. The molecular weight excluding hydrogens is 282 g/mol. The molecule has 1 aromatic heterocycles. The molecular formula is C17H19NO2S. The smallest absolute Gasteiger partial charge is 0.411 e. The summed E-state index contributed by atoms with van der Waals surface area (Å²) in [6.45, 7) is 0. The van der Waals surface area contributed by atoms with E-state index in [4.69, 9.17) is 4.74 Å². The third-order valence-corrected chi connectivity index (χ3v) is 4.89. The van der Waals surface area contributed by atoms with Crippen molar-refractivity contribution in [1.29, 1.82) is 0 Å². The van der Waals surface area contributed by atoms with Crippen molar-refractivity contribution in [1.82, 2.24) is 0 Å².